The monoisotopic (exact) mass is 371 g/mol. The molecule has 2 heterocycles. The molecule has 2 saturated heterocycles. The molecule has 1 aliphatic carbocycles. The fourth-order valence-corrected chi connectivity index (χ4v) is 5.06. The lowest BCUT2D eigenvalue weighted by atomic mass is 9.79. The Morgan fingerprint density at radius 3 is 2.20 bits per heavy atom. The SMILES string of the molecule is CC(C)C1CCC(N2CCN(C(=O)[C@H]3CCN[C@@H](C)C3)CC2)CC1.Cl. The van der Waals surface area contributed by atoms with E-state index in [2.05, 4.69) is 35.9 Å². The van der Waals surface area contributed by atoms with Gasteiger partial charge in [0.2, 0.25) is 5.91 Å². The summed E-state index contributed by atoms with van der Waals surface area (Å²) in [4.78, 5) is 17.6. The van der Waals surface area contributed by atoms with Gasteiger partial charge in [0.15, 0.2) is 0 Å². The molecule has 2 aliphatic heterocycles. The summed E-state index contributed by atoms with van der Waals surface area (Å²) in [6.07, 6.45) is 7.55. The van der Waals surface area contributed by atoms with Gasteiger partial charge in [0.25, 0.3) is 0 Å². The summed E-state index contributed by atoms with van der Waals surface area (Å²) in [5.41, 5.74) is 0. The van der Waals surface area contributed by atoms with Crippen LogP contribution >= 0.6 is 12.4 Å². The number of piperazine rings is 1. The van der Waals surface area contributed by atoms with Crippen LogP contribution in [0.4, 0.5) is 0 Å². The second-order valence-electron chi connectivity index (χ2n) is 8.75. The molecule has 3 aliphatic rings. The Morgan fingerprint density at radius 1 is 1.00 bits per heavy atom. The van der Waals surface area contributed by atoms with Crippen molar-refractivity contribution < 1.29 is 4.79 Å². The second-order valence-corrected chi connectivity index (χ2v) is 8.75. The predicted octanol–water partition coefficient (Wildman–Crippen LogP) is 3.16. The van der Waals surface area contributed by atoms with Gasteiger partial charge in [-0.15, -0.1) is 12.4 Å². The Balaban J connectivity index is 0.00000225. The molecule has 0 aromatic rings. The first kappa shape index (κ1) is 21.0. The van der Waals surface area contributed by atoms with Crippen molar-refractivity contribution in [2.24, 2.45) is 17.8 Å². The van der Waals surface area contributed by atoms with E-state index < -0.39 is 0 Å². The Hall–Kier alpha value is -0.320. The number of rotatable bonds is 3. The molecule has 0 spiro atoms. The molecule has 25 heavy (non-hydrogen) atoms. The summed E-state index contributed by atoms with van der Waals surface area (Å²) in [7, 11) is 0. The summed E-state index contributed by atoms with van der Waals surface area (Å²) in [5, 5.41) is 3.45. The normalized spacial score (nSPS) is 34.6. The summed E-state index contributed by atoms with van der Waals surface area (Å²) >= 11 is 0. The van der Waals surface area contributed by atoms with Crippen LogP contribution in [0.25, 0.3) is 0 Å². The minimum Gasteiger partial charge on any atom is -0.340 e. The van der Waals surface area contributed by atoms with Crippen molar-refractivity contribution in [2.45, 2.75) is 71.4 Å². The molecule has 4 nitrogen and oxygen atoms in total. The molecule has 0 bridgehead atoms. The maximum atomic E-state index is 12.8. The van der Waals surface area contributed by atoms with Gasteiger partial charge in [-0.3, -0.25) is 9.69 Å². The molecule has 1 saturated carbocycles. The zero-order chi connectivity index (χ0) is 17.1. The number of hydrogen-bond acceptors (Lipinski definition) is 3. The summed E-state index contributed by atoms with van der Waals surface area (Å²) in [5.74, 6) is 2.46. The van der Waals surface area contributed by atoms with Gasteiger partial charge in [-0.25, -0.2) is 0 Å². The van der Waals surface area contributed by atoms with E-state index in [1.54, 1.807) is 0 Å². The first-order valence-corrected chi connectivity index (χ1v) is 10.3. The number of nitrogens with one attached hydrogen (secondary N) is 1. The number of nitrogens with zero attached hydrogens (tertiary/aromatic N) is 2. The van der Waals surface area contributed by atoms with Crippen molar-refractivity contribution in [1.29, 1.82) is 0 Å². The molecule has 2 atom stereocenters. The van der Waals surface area contributed by atoms with E-state index in [1.165, 1.54) is 25.7 Å². The third-order valence-corrected chi connectivity index (χ3v) is 6.80. The largest absolute Gasteiger partial charge is 0.340 e. The van der Waals surface area contributed by atoms with E-state index in [9.17, 15) is 4.79 Å². The molecule has 146 valence electrons. The Morgan fingerprint density at radius 2 is 1.64 bits per heavy atom. The topological polar surface area (TPSA) is 35.6 Å². The van der Waals surface area contributed by atoms with Gasteiger partial charge in [-0.05, 0) is 63.8 Å². The lowest BCUT2D eigenvalue weighted by Crippen LogP contribution is -2.54. The van der Waals surface area contributed by atoms with Crippen molar-refractivity contribution >= 4 is 18.3 Å². The molecule has 3 fully saturated rings. The number of carbonyl (C=O) groups is 1. The van der Waals surface area contributed by atoms with E-state index in [0.29, 0.717) is 11.9 Å². The van der Waals surface area contributed by atoms with Crippen molar-refractivity contribution in [3.05, 3.63) is 0 Å². The summed E-state index contributed by atoms with van der Waals surface area (Å²) in [6, 6.07) is 1.27. The van der Waals surface area contributed by atoms with Crippen molar-refractivity contribution in [3.63, 3.8) is 0 Å². The number of halogens is 1. The Kier molecular flexibility index (Phi) is 8.03. The predicted molar refractivity (Wildman–Crippen MR) is 106 cm³/mol. The molecule has 0 aromatic carbocycles. The van der Waals surface area contributed by atoms with Crippen molar-refractivity contribution in [3.8, 4) is 0 Å². The third-order valence-electron chi connectivity index (χ3n) is 6.80. The average molecular weight is 372 g/mol. The zero-order valence-electron chi connectivity index (χ0n) is 16.4. The van der Waals surface area contributed by atoms with Crippen LogP contribution in [0, 0.1) is 17.8 Å². The first-order valence-electron chi connectivity index (χ1n) is 10.3. The van der Waals surface area contributed by atoms with Crippen molar-refractivity contribution in [2.75, 3.05) is 32.7 Å². The number of piperidine rings is 1. The highest BCUT2D eigenvalue weighted by molar-refractivity contribution is 5.85. The van der Waals surface area contributed by atoms with E-state index in [4.69, 9.17) is 0 Å². The smallest absolute Gasteiger partial charge is 0.225 e. The van der Waals surface area contributed by atoms with Gasteiger partial charge in [0.1, 0.15) is 0 Å². The van der Waals surface area contributed by atoms with Crippen LogP contribution in [0.1, 0.15) is 59.3 Å². The molecule has 3 rings (SSSR count). The number of amides is 1. The standard InChI is InChI=1S/C20H37N3O.ClH/c1-15(2)17-4-6-19(7-5-17)22-10-12-23(13-11-22)20(24)18-8-9-21-16(3)14-18;/h15-19,21H,4-14H2,1-3H3;1H/t16-,17?,18-,19?;/m0./s1. The Labute approximate surface area is 160 Å². The maximum Gasteiger partial charge on any atom is 0.225 e. The van der Waals surface area contributed by atoms with Gasteiger partial charge in [-0.1, -0.05) is 13.8 Å². The minimum absolute atomic E-state index is 0. The lowest BCUT2D eigenvalue weighted by molar-refractivity contribution is -0.139. The molecule has 5 heteroatoms. The minimum atomic E-state index is 0. The van der Waals surface area contributed by atoms with Crippen LogP contribution in [0.2, 0.25) is 0 Å². The highest BCUT2D eigenvalue weighted by atomic mass is 35.5. The van der Waals surface area contributed by atoms with Gasteiger partial charge in [0.05, 0.1) is 0 Å². The van der Waals surface area contributed by atoms with Crippen LogP contribution in [0.5, 0.6) is 0 Å². The fraction of sp³-hybridized carbons (Fsp3) is 0.950. The van der Waals surface area contributed by atoms with E-state index >= 15 is 0 Å². The second kappa shape index (κ2) is 9.57. The average Bonchev–Trinajstić information content (AvgIpc) is 2.61. The summed E-state index contributed by atoms with van der Waals surface area (Å²) < 4.78 is 0. The number of hydrogen-bond donors (Lipinski definition) is 1. The first-order chi connectivity index (χ1) is 11.5. The van der Waals surface area contributed by atoms with Gasteiger partial charge in [0, 0.05) is 44.2 Å². The summed E-state index contributed by atoms with van der Waals surface area (Å²) in [6.45, 7) is 12.0. The van der Waals surface area contributed by atoms with Gasteiger partial charge >= 0.3 is 0 Å². The highest BCUT2D eigenvalue weighted by Crippen LogP contribution is 2.32. The van der Waals surface area contributed by atoms with E-state index in [-0.39, 0.29) is 18.3 Å². The van der Waals surface area contributed by atoms with Gasteiger partial charge < -0.3 is 10.2 Å². The lowest BCUT2D eigenvalue weighted by Gasteiger charge is -2.43. The highest BCUT2D eigenvalue weighted by Gasteiger charge is 2.33. The third kappa shape index (κ3) is 5.33. The fourth-order valence-electron chi connectivity index (χ4n) is 5.06. The molecular formula is C20H38ClN3O. The van der Waals surface area contributed by atoms with Crippen LogP contribution in [0.3, 0.4) is 0 Å². The molecule has 1 amide bonds. The van der Waals surface area contributed by atoms with Crippen LogP contribution in [0.15, 0.2) is 0 Å². The molecule has 0 unspecified atom stereocenters. The van der Waals surface area contributed by atoms with Crippen molar-refractivity contribution in [1.82, 2.24) is 15.1 Å². The maximum absolute atomic E-state index is 12.8. The zero-order valence-corrected chi connectivity index (χ0v) is 17.2. The van der Waals surface area contributed by atoms with Crippen LogP contribution in [-0.2, 0) is 4.79 Å². The van der Waals surface area contributed by atoms with Gasteiger partial charge in [-0.2, -0.15) is 0 Å². The molecule has 1 N–H and O–H groups in total. The van der Waals surface area contributed by atoms with E-state index in [1.807, 2.05) is 0 Å². The van der Waals surface area contributed by atoms with Crippen LogP contribution < -0.4 is 5.32 Å². The van der Waals surface area contributed by atoms with Crippen LogP contribution in [-0.4, -0.2) is 60.5 Å². The van der Waals surface area contributed by atoms with E-state index in [0.717, 1.165) is 63.4 Å². The molecular weight excluding hydrogens is 334 g/mol. The molecule has 0 radical (unpaired) electrons. The number of carbonyl (C=O) groups excluding carboxylic acids is 1. The Bertz CT molecular complexity index is 415. The quantitative estimate of drug-likeness (QED) is 0.827. The molecule has 0 aromatic heterocycles.